The van der Waals surface area contributed by atoms with E-state index in [0.29, 0.717) is 0 Å². The van der Waals surface area contributed by atoms with Crippen LogP contribution in [0.4, 0.5) is 26.3 Å². The fourth-order valence-corrected chi connectivity index (χ4v) is 0. The second-order valence-electron chi connectivity index (χ2n) is 2.65. The van der Waals surface area contributed by atoms with Gasteiger partial charge in [0.15, 0.2) is 20.2 Å². The van der Waals surface area contributed by atoms with Gasteiger partial charge in [-0.2, -0.15) is 26.3 Å². The molecule has 0 fully saturated rings. The van der Waals surface area contributed by atoms with Crippen molar-refractivity contribution in [1.29, 1.82) is 0 Å². The molecule has 15 heteroatoms. The molecular weight excluding hydrogens is 485 g/mol. The molecule has 0 heterocycles. The van der Waals surface area contributed by atoms with Crippen molar-refractivity contribution >= 4 is 20.2 Å². The number of rotatable bonds is 1. The third-order valence-corrected chi connectivity index (χ3v) is 2.05. The van der Waals surface area contributed by atoms with Crippen molar-refractivity contribution in [3.05, 3.63) is 6.92 Å². The van der Waals surface area contributed by atoms with E-state index in [1.165, 1.54) is 6.42 Å². The third kappa shape index (κ3) is 18.5. The van der Waals surface area contributed by atoms with Crippen LogP contribution in [0.1, 0.15) is 19.8 Å². The molecule has 0 saturated carbocycles. The van der Waals surface area contributed by atoms with Gasteiger partial charge in [0.05, 0.1) is 0 Å². The molecule has 0 amide bonds. The van der Waals surface area contributed by atoms with Gasteiger partial charge in [0.1, 0.15) is 0 Å². The molecule has 128 valence electrons. The van der Waals surface area contributed by atoms with Crippen molar-refractivity contribution in [3.63, 3.8) is 0 Å². The first kappa shape index (κ1) is 29.6. The van der Waals surface area contributed by atoms with Crippen LogP contribution in [0.25, 0.3) is 0 Å². The van der Waals surface area contributed by atoms with Gasteiger partial charge >= 0.3 is 11.0 Å². The van der Waals surface area contributed by atoms with Crippen LogP contribution in [-0.4, -0.2) is 37.0 Å². The Morgan fingerprint density at radius 3 is 0.952 bits per heavy atom. The second kappa shape index (κ2) is 11.2. The zero-order chi connectivity index (χ0) is 17.4. The minimum absolute atomic E-state index is 0. The minimum atomic E-state index is -6.09. The third-order valence-electron chi connectivity index (χ3n) is 0.921. The minimum Gasteiger partial charge on any atom is -0.741 e. The fraction of sp³-hybridized carbons (Fsp3) is 0.833. The summed E-state index contributed by atoms with van der Waals surface area (Å²) < 4.78 is 118. The van der Waals surface area contributed by atoms with Gasteiger partial charge in [-0.25, -0.2) is 16.8 Å². The van der Waals surface area contributed by atoms with E-state index in [0.717, 1.165) is 6.42 Å². The Balaban J connectivity index is -0.000000107. The molecule has 0 aliphatic carbocycles. The summed E-state index contributed by atoms with van der Waals surface area (Å²) in [5.74, 6) is 0. The van der Waals surface area contributed by atoms with E-state index in [1.54, 1.807) is 0 Å². The molecule has 0 aromatic carbocycles. The number of hydrogen-bond donors (Lipinski definition) is 0. The molecule has 21 heavy (non-hydrogen) atoms. The van der Waals surface area contributed by atoms with Crippen molar-refractivity contribution in [2.75, 3.05) is 0 Å². The van der Waals surface area contributed by atoms with Crippen LogP contribution in [0, 0.1) is 42.5 Å². The average molecular weight is 494 g/mol. The van der Waals surface area contributed by atoms with Crippen molar-refractivity contribution < 1.29 is 87.9 Å². The number of halogens is 6. The Hall–Kier alpha value is 0.595. The van der Waals surface area contributed by atoms with Crippen molar-refractivity contribution in [2.45, 2.75) is 30.8 Å². The molecule has 0 N–H and O–H groups in total. The van der Waals surface area contributed by atoms with Gasteiger partial charge in [-0.05, 0) is 0 Å². The molecule has 0 spiro atoms. The summed E-state index contributed by atoms with van der Waals surface area (Å²) in [5, 5.41) is 0. The van der Waals surface area contributed by atoms with Gasteiger partial charge in [0.2, 0.25) is 0 Å². The van der Waals surface area contributed by atoms with Gasteiger partial charge in [-0.15, -0.1) is 0 Å². The van der Waals surface area contributed by atoms with Crippen molar-refractivity contribution in [3.8, 4) is 0 Å². The molecule has 0 unspecified atom stereocenters. The SMILES string of the molecule is O=S(=O)([O-])C(F)(F)F.O=S(=O)([O-])C(F)(F)F.[CH2]CCC.[La]. The van der Waals surface area contributed by atoms with Gasteiger partial charge in [0, 0.05) is 35.6 Å². The molecule has 0 aliphatic heterocycles. The van der Waals surface area contributed by atoms with Gasteiger partial charge < -0.3 is 9.11 Å². The Bertz CT molecular complexity index is 409. The maximum atomic E-state index is 10.7. The second-order valence-corrected chi connectivity index (χ2v) is 5.40. The predicted octanol–water partition coefficient (Wildman–Crippen LogP) is 1.72. The summed E-state index contributed by atoms with van der Waals surface area (Å²) in [5.41, 5.74) is -11.3. The largest absolute Gasteiger partial charge is 0.741 e. The Morgan fingerprint density at radius 1 is 0.857 bits per heavy atom. The first-order valence-electron chi connectivity index (χ1n) is 4.25. The molecule has 0 aromatic heterocycles. The van der Waals surface area contributed by atoms with Gasteiger partial charge in [0.25, 0.3) is 0 Å². The maximum Gasteiger partial charge on any atom is 0.485 e. The standard InChI is InChI=1S/C4H9.2CHF3O3S.La/c1-3-4-2;2*2-1(3,4)8(5,6)7;/h1,3-4H2,2H3;2*(H,5,6,7);/p-2. The predicted molar refractivity (Wildman–Crippen MR) is 51.8 cm³/mol. The van der Waals surface area contributed by atoms with E-state index in [1.807, 2.05) is 0 Å². The van der Waals surface area contributed by atoms with Crippen LogP contribution < -0.4 is 0 Å². The monoisotopic (exact) mass is 494 g/mol. The van der Waals surface area contributed by atoms with Crippen LogP contribution in [-0.2, 0) is 20.2 Å². The molecule has 0 atom stereocenters. The summed E-state index contributed by atoms with van der Waals surface area (Å²) >= 11 is 0. The number of alkyl halides is 6. The van der Waals surface area contributed by atoms with Crippen LogP contribution in [0.3, 0.4) is 0 Å². The van der Waals surface area contributed by atoms with E-state index in [9.17, 15) is 26.3 Å². The Kier molecular flexibility index (Phi) is 15.8. The van der Waals surface area contributed by atoms with Crippen LogP contribution in [0.15, 0.2) is 0 Å². The summed E-state index contributed by atoms with van der Waals surface area (Å²) in [6, 6.07) is 0. The first-order valence-corrected chi connectivity index (χ1v) is 7.07. The molecule has 0 saturated heterocycles. The van der Waals surface area contributed by atoms with Crippen LogP contribution in [0.2, 0.25) is 0 Å². The molecule has 2 radical (unpaired) electrons. The van der Waals surface area contributed by atoms with E-state index in [2.05, 4.69) is 13.8 Å². The number of hydrogen-bond acceptors (Lipinski definition) is 6. The van der Waals surface area contributed by atoms with Crippen molar-refractivity contribution in [2.24, 2.45) is 0 Å². The zero-order valence-corrected chi connectivity index (χ0v) is 15.5. The topological polar surface area (TPSA) is 114 Å². The Morgan fingerprint density at radius 2 is 0.952 bits per heavy atom. The van der Waals surface area contributed by atoms with Gasteiger partial charge in [-0.1, -0.05) is 26.7 Å². The van der Waals surface area contributed by atoms with E-state index in [-0.39, 0.29) is 35.6 Å². The zero-order valence-electron chi connectivity index (χ0n) is 10.2. The normalized spacial score (nSPS) is 12.1. The summed E-state index contributed by atoms with van der Waals surface area (Å²) in [7, 11) is -12.2. The average Bonchev–Trinajstić information content (AvgIpc) is 2.12. The molecule has 0 aromatic rings. The number of unbranched alkanes of at least 4 members (excludes halogenated alkanes) is 1. The molecule has 0 rings (SSSR count). The Labute approximate surface area is 145 Å². The van der Waals surface area contributed by atoms with Crippen molar-refractivity contribution in [1.82, 2.24) is 0 Å². The van der Waals surface area contributed by atoms with Crippen LogP contribution >= 0.6 is 0 Å². The van der Waals surface area contributed by atoms with E-state index >= 15 is 0 Å². The van der Waals surface area contributed by atoms with E-state index in [4.69, 9.17) is 25.9 Å². The molecule has 0 bridgehead atoms. The quantitative estimate of drug-likeness (QED) is 0.312. The fourth-order valence-electron chi connectivity index (χ4n) is 0. The van der Waals surface area contributed by atoms with Gasteiger partial charge in [-0.3, -0.25) is 0 Å². The molecule has 0 aliphatic rings. The molecule has 6 nitrogen and oxygen atoms in total. The maximum absolute atomic E-state index is 10.7. The summed E-state index contributed by atoms with van der Waals surface area (Å²) in [4.78, 5) is 0. The first-order chi connectivity index (χ1) is 8.41. The van der Waals surface area contributed by atoms with Crippen LogP contribution in [0.5, 0.6) is 0 Å². The van der Waals surface area contributed by atoms with E-state index < -0.39 is 31.3 Å². The summed E-state index contributed by atoms with van der Waals surface area (Å²) in [6.07, 6.45) is 2.28. The smallest absolute Gasteiger partial charge is 0.485 e. The summed E-state index contributed by atoms with van der Waals surface area (Å²) in [6.45, 7) is 5.72. The molecular formula is C6H9F6LaO6S2-2.